The summed E-state index contributed by atoms with van der Waals surface area (Å²) in [6.45, 7) is 9.88. The van der Waals surface area contributed by atoms with Crippen molar-refractivity contribution in [3.8, 4) is 0 Å². The molecule has 0 spiro atoms. The van der Waals surface area contributed by atoms with Gasteiger partial charge in [-0.05, 0) is 33.1 Å². The van der Waals surface area contributed by atoms with E-state index in [1.165, 1.54) is 25.8 Å². The zero-order chi connectivity index (χ0) is 12.0. The summed E-state index contributed by atoms with van der Waals surface area (Å²) < 4.78 is 5.11. The van der Waals surface area contributed by atoms with E-state index in [0.717, 1.165) is 25.2 Å². The first-order chi connectivity index (χ1) is 7.69. The molecular weight excluding hydrogens is 200 g/mol. The lowest BCUT2D eigenvalue weighted by molar-refractivity contribution is 0.162. The molecule has 3 heteroatoms. The van der Waals surface area contributed by atoms with Crippen molar-refractivity contribution in [3.63, 3.8) is 0 Å². The highest BCUT2D eigenvalue weighted by atomic mass is 16.5. The standard InChI is InChI=1S/C13H28N2O/c1-5-13-7-6-12(3)15(13)9-8-14-11(2)10-16-4/h11-14H,5-10H2,1-4H3. The fourth-order valence-electron chi connectivity index (χ4n) is 2.72. The lowest BCUT2D eigenvalue weighted by Gasteiger charge is -2.28. The smallest absolute Gasteiger partial charge is 0.0613 e. The molecule has 3 nitrogen and oxygen atoms in total. The van der Waals surface area contributed by atoms with Gasteiger partial charge in [0, 0.05) is 38.3 Å². The molecule has 1 aliphatic rings. The topological polar surface area (TPSA) is 24.5 Å². The number of rotatable bonds is 7. The van der Waals surface area contributed by atoms with Gasteiger partial charge in [-0.1, -0.05) is 6.92 Å². The Balaban J connectivity index is 2.20. The minimum atomic E-state index is 0.461. The predicted octanol–water partition coefficient (Wildman–Crippen LogP) is 1.87. The lowest BCUT2D eigenvalue weighted by atomic mass is 10.1. The van der Waals surface area contributed by atoms with Crippen LogP contribution in [0, 0.1) is 0 Å². The van der Waals surface area contributed by atoms with Gasteiger partial charge in [0.25, 0.3) is 0 Å². The van der Waals surface area contributed by atoms with Crippen LogP contribution in [0.2, 0.25) is 0 Å². The third-order valence-electron chi connectivity index (χ3n) is 3.70. The summed E-state index contributed by atoms with van der Waals surface area (Å²) in [7, 11) is 1.76. The monoisotopic (exact) mass is 228 g/mol. The van der Waals surface area contributed by atoms with E-state index >= 15 is 0 Å². The quantitative estimate of drug-likeness (QED) is 0.720. The van der Waals surface area contributed by atoms with Crippen molar-refractivity contribution in [2.24, 2.45) is 0 Å². The summed E-state index contributed by atoms with van der Waals surface area (Å²) in [5, 5.41) is 3.51. The van der Waals surface area contributed by atoms with Gasteiger partial charge in [0.1, 0.15) is 0 Å². The van der Waals surface area contributed by atoms with Crippen LogP contribution >= 0.6 is 0 Å². The summed E-state index contributed by atoms with van der Waals surface area (Å²) in [6.07, 6.45) is 4.04. The van der Waals surface area contributed by atoms with Gasteiger partial charge in [0.05, 0.1) is 6.61 Å². The maximum Gasteiger partial charge on any atom is 0.0613 e. The second kappa shape index (κ2) is 7.25. The Labute approximate surface area is 101 Å². The first kappa shape index (κ1) is 13.9. The maximum atomic E-state index is 5.11. The molecule has 0 aromatic heterocycles. The van der Waals surface area contributed by atoms with Crippen molar-refractivity contribution in [2.75, 3.05) is 26.8 Å². The van der Waals surface area contributed by atoms with Crippen molar-refractivity contribution in [1.29, 1.82) is 0 Å². The Morgan fingerprint density at radius 1 is 1.44 bits per heavy atom. The van der Waals surface area contributed by atoms with E-state index < -0.39 is 0 Å². The zero-order valence-electron chi connectivity index (χ0n) is 11.3. The molecule has 3 unspecified atom stereocenters. The van der Waals surface area contributed by atoms with Crippen LogP contribution in [0.4, 0.5) is 0 Å². The van der Waals surface area contributed by atoms with Gasteiger partial charge in [-0.15, -0.1) is 0 Å². The first-order valence-electron chi connectivity index (χ1n) is 6.67. The molecule has 3 atom stereocenters. The van der Waals surface area contributed by atoms with Crippen LogP contribution in [0.5, 0.6) is 0 Å². The van der Waals surface area contributed by atoms with E-state index in [2.05, 4.69) is 31.0 Å². The normalized spacial score (nSPS) is 28.5. The minimum absolute atomic E-state index is 0.461. The Bertz CT molecular complexity index is 187. The fourth-order valence-corrected chi connectivity index (χ4v) is 2.72. The van der Waals surface area contributed by atoms with E-state index in [-0.39, 0.29) is 0 Å². The molecule has 0 amide bonds. The summed E-state index contributed by atoms with van der Waals surface area (Å²) in [4.78, 5) is 2.66. The number of nitrogens with zero attached hydrogens (tertiary/aromatic N) is 1. The third kappa shape index (κ3) is 4.04. The average Bonchev–Trinajstić information content (AvgIpc) is 2.60. The van der Waals surface area contributed by atoms with Gasteiger partial charge < -0.3 is 10.1 Å². The Hall–Kier alpha value is -0.120. The van der Waals surface area contributed by atoms with Crippen molar-refractivity contribution >= 4 is 0 Å². The molecular formula is C13H28N2O. The Morgan fingerprint density at radius 3 is 2.81 bits per heavy atom. The molecule has 16 heavy (non-hydrogen) atoms. The van der Waals surface area contributed by atoms with E-state index in [1.54, 1.807) is 7.11 Å². The van der Waals surface area contributed by atoms with Crippen LogP contribution in [0.3, 0.4) is 0 Å². The summed E-state index contributed by atoms with van der Waals surface area (Å²) in [5.41, 5.74) is 0. The maximum absolute atomic E-state index is 5.11. The number of likely N-dealkylation sites (tertiary alicyclic amines) is 1. The molecule has 1 saturated heterocycles. The average molecular weight is 228 g/mol. The van der Waals surface area contributed by atoms with Crippen molar-refractivity contribution < 1.29 is 4.74 Å². The van der Waals surface area contributed by atoms with Crippen LogP contribution in [0.1, 0.15) is 40.0 Å². The lowest BCUT2D eigenvalue weighted by Crippen LogP contribution is -2.42. The van der Waals surface area contributed by atoms with Gasteiger partial charge in [-0.3, -0.25) is 4.90 Å². The number of nitrogens with one attached hydrogen (secondary N) is 1. The molecule has 0 aliphatic carbocycles. The fraction of sp³-hybridized carbons (Fsp3) is 1.00. The highest BCUT2D eigenvalue weighted by Crippen LogP contribution is 2.24. The SMILES string of the molecule is CCC1CCC(C)N1CCNC(C)COC. The molecule has 0 aromatic rings. The van der Waals surface area contributed by atoms with Gasteiger partial charge in [0.15, 0.2) is 0 Å². The number of ether oxygens (including phenoxy) is 1. The molecule has 1 rings (SSSR count). The Morgan fingerprint density at radius 2 is 2.19 bits per heavy atom. The van der Waals surface area contributed by atoms with Crippen molar-refractivity contribution in [2.45, 2.75) is 58.2 Å². The van der Waals surface area contributed by atoms with Crippen molar-refractivity contribution in [3.05, 3.63) is 0 Å². The van der Waals surface area contributed by atoms with Crippen LogP contribution in [-0.4, -0.2) is 49.8 Å². The third-order valence-corrected chi connectivity index (χ3v) is 3.70. The molecule has 1 fully saturated rings. The largest absolute Gasteiger partial charge is 0.383 e. The van der Waals surface area contributed by atoms with Crippen molar-refractivity contribution in [1.82, 2.24) is 10.2 Å². The summed E-state index contributed by atoms with van der Waals surface area (Å²) >= 11 is 0. The van der Waals surface area contributed by atoms with E-state index in [0.29, 0.717) is 6.04 Å². The second-order valence-electron chi connectivity index (χ2n) is 5.04. The Kier molecular flexibility index (Phi) is 6.32. The molecule has 1 N–H and O–H groups in total. The number of hydrogen-bond acceptors (Lipinski definition) is 3. The zero-order valence-corrected chi connectivity index (χ0v) is 11.3. The van der Waals surface area contributed by atoms with Gasteiger partial charge >= 0.3 is 0 Å². The molecule has 1 aliphatic heterocycles. The van der Waals surface area contributed by atoms with Crippen LogP contribution < -0.4 is 5.32 Å². The van der Waals surface area contributed by atoms with Crippen LogP contribution in [-0.2, 0) is 4.74 Å². The van der Waals surface area contributed by atoms with Crippen LogP contribution in [0.15, 0.2) is 0 Å². The highest BCUT2D eigenvalue weighted by molar-refractivity contribution is 4.84. The summed E-state index contributed by atoms with van der Waals surface area (Å²) in [6, 6.07) is 2.04. The summed E-state index contributed by atoms with van der Waals surface area (Å²) in [5.74, 6) is 0. The van der Waals surface area contributed by atoms with E-state index in [9.17, 15) is 0 Å². The van der Waals surface area contributed by atoms with Crippen LogP contribution in [0.25, 0.3) is 0 Å². The second-order valence-corrected chi connectivity index (χ2v) is 5.04. The van der Waals surface area contributed by atoms with E-state index in [1.807, 2.05) is 0 Å². The van der Waals surface area contributed by atoms with Gasteiger partial charge in [-0.2, -0.15) is 0 Å². The highest BCUT2D eigenvalue weighted by Gasteiger charge is 2.28. The molecule has 0 radical (unpaired) electrons. The molecule has 0 saturated carbocycles. The molecule has 0 aromatic carbocycles. The number of methoxy groups -OCH3 is 1. The minimum Gasteiger partial charge on any atom is -0.383 e. The predicted molar refractivity (Wildman–Crippen MR) is 68.8 cm³/mol. The first-order valence-corrected chi connectivity index (χ1v) is 6.67. The molecule has 0 bridgehead atoms. The molecule has 96 valence electrons. The molecule has 1 heterocycles. The van der Waals surface area contributed by atoms with Gasteiger partial charge in [0.2, 0.25) is 0 Å². The van der Waals surface area contributed by atoms with E-state index in [4.69, 9.17) is 4.74 Å². The number of hydrogen-bond donors (Lipinski definition) is 1. The van der Waals surface area contributed by atoms with Gasteiger partial charge in [-0.25, -0.2) is 0 Å².